The molecule has 1 aromatic rings. The van der Waals surface area contributed by atoms with Crippen LogP contribution in [0.4, 0.5) is 26.3 Å². The average Bonchev–Trinajstić information content (AvgIpc) is 3.33. The Hall–Kier alpha value is -2.54. The highest BCUT2D eigenvalue weighted by molar-refractivity contribution is 5.73. The summed E-state index contributed by atoms with van der Waals surface area (Å²) >= 11 is 0. The summed E-state index contributed by atoms with van der Waals surface area (Å²) < 4.78 is 69.3. The van der Waals surface area contributed by atoms with Crippen molar-refractivity contribution < 1.29 is 50.6 Å². The van der Waals surface area contributed by atoms with E-state index < -0.39 is 24.3 Å². The Labute approximate surface area is 186 Å². The highest BCUT2D eigenvalue weighted by Gasteiger charge is 2.42. The van der Waals surface area contributed by atoms with Gasteiger partial charge in [-0.3, -0.25) is 9.80 Å². The lowest BCUT2D eigenvalue weighted by Crippen LogP contribution is -2.36. The number of hydrogen-bond donors (Lipinski definition) is 2. The van der Waals surface area contributed by atoms with E-state index in [1.807, 2.05) is 13.0 Å². The molecule has 0 bridgehead atoms. The van der Waals surface area contributed by atoms with Crippen LogP contribution in [-0.4, -0.2) is 76.0 Å². The number of rotatable bonds is 4. The number of aliphatic carboxylic acids is 2. The maximum atomic E-state index is 10.6. The van der Waals surface area contributed by atoms with Crippen LogP contribution in [0.2, 0.25) is 0 Å². The van der Waals surface area contributed by atoms with E-state index in [0.717, 1.165) is 30.7 Å². The third-order valence-corrected chi connectivity index (χ3v) is 5.23. The first-order valence-corrected chi connectivity index (χ1v) is 9.83. The van der Waals surface area contributed by atoms with Crippen LogP contribution in [0.15, 0.2) is 23.1 Å². The van der Waals surface area contributed by atoms with Gasteiger partial charge in [0.2, 0.25) is 0 Å². The standard InChI is InChI=1S/C16H24N2O.2C2HF3O2/c1-4-7-17-8-5-16-15(17)6-9-18(16)11-14-10-12(2)13(3)19-14;2*3-2(4,5)1(6)7/h4,10,15-16H,1,5-9,11H2,2-3H3;2*(H,6,7)/t15-,16+;;/m0../s1. The molecule has 2 atom stereocenters. The van der Waals surface area contributed by atoms with Gasteiger partial charge in [-0.2, -0.15) is 26.3 Å². The van der Waals surface area contributed by atoms with Gasteiger partial charge in [0.25, 0.3) is 0 Å². The number of alkyl halides is 6. The van der Waals surface area contributed by atoms with E-state index in [1.54, 1.807) is 0 Å². The smallest absolute Gasteiger partial charge is 0.475 e. The molecular weight excluding hydrogens is 462 g/mol. The molecule has 3 rings (SSSR count). The fraction of sp³-hybridized carbons (Fsp3) is 0.600. The quantitative estimate of drug-likeness (QED) is 0.489. The average molecular weight is 488 g/mol. The number of carboxylic acids is 2. The van der Waals surface area contributed by atoms with Crippen molar-refractivity contribution >= 4 is 11.9 Å². The van der Waals surface area contributed by atoms with Crippen LogP contribution in [0.3, 0.4) is 0 Å². The van der Waals surface area contributed by atoms with Crippen LogP contribution in [0.1, 0.15) is 29.9 Å². The molecule has 0 spiro atoms. The second kappa shape index (κ2) is 11.5. The summed E-state index contributed by atoms with van der Waals surface area (Å²) in [6, 6.07) is 3.64. The minimum absolute atomic E-state index is 0.714. The first-order chi connectivity index (χ1) is 15.1. The summed E-state index contributed by atoms with van der Waals surface area (Å²) in [7, 11) is 0. The van der Waals surface area contributed by atoms with Crippen LogP contribution in [0.25, 0.3) is 0 Å². The van der Waals surface area contributed by atoms with E-state index in [1.165, 1.54) is 31.5 Å². The molecule has 0 aromatic carbocycles. The van der Waals surface area contributed by atoms with E-state index in [2.05, 4.69) is 29.4 Å². The zero-order chi connectivity index (χ0) is 25.6. The Bertz CT molecular complexity index is 777. The number of aryl methyl sites for hydroxylation is 2. The Morgan fingerprint density at radius 2 is 1.45 bits per heavy atom. The van der Waals surface area contributed by atoms with Crippen LogP contribution in [0, 0.1) is 13.8 Å². The van der Waals surface area contributed by atoms with E-state index in [-0.39, 0.29) is 0 Å². The van der Waals surface area contributed by atoms with Crippen LogP contribution < -0.4 is 0 Å². The molecule has 2 aliphatic rings. The largest absolute Gasteiger partial charge is 0.490 e. The van der Waals surface area contributed by atoms with Crippen LogP contribution >= 0.6 is 0 Å². The topological polar surface area (TPSA) is 94.2 Å². The van der Waals surface area contributed by atoms with Crippen molar-refractivity contribution in [3.8, 4) is 0 Å². The lowest BCUT2D eigenvalue weighted by molar-refractivity contribution is -0.193. The van der Waals surface area contributed by atoms with Gasteiger partial charge in [-0.15, -0.1) is 6.58 Å². The number of carbonyl (C=O) groups is 2. The Balaban J connectivity index is 0.000000324. The highest BCUT2D eigenvalue weighted by Crippen LogP contribution is 2.32. The van der Waals surface area contributed by atoms with E-state index in [9.17, 15) is 26.3 Å². The third-order valence-electron chi connectivity index (χ3n) is 5.23. The number of fused-ring (bicyclic) bond motifs is 1. The Morgan fingerprint density at radius 3 is 1.82 bits per heavy atom. The van der Waals surface area contributed by atoms with E-state index in [4.69, 9.17) is 24.2 Å². The molecule has 0 amide bonds. The maximum Gasteiger partial charge on any atom is 0.490 e. The second-order valence-corrected chi connectivity index (χ2v) is 7.52. The molecular formula is C20H26F6N2O5. The van der Waals surface area contributed by atoms with Gasteiger partial charge in [0, 0.05) is 31.7 Å². The van der Waals surface area contributed by atoms with Gasteiger partial charge in [0.15, 0.2) is 0 Å². The van der Waals surface area contributed by atoms with Crippen LogP contribution in [-0.2, 0) is 16.1 Å². The van der Waals surface area contributed by atoms with Crippen molar-refractivity contribution in [1.29, 1.82) is 0 Å². The molecule has 2 N–H and O–H groups in total. The number of halogens is 6. The molecule has 0 radical (unpaired) electrons. The molecule has 2 aliphatic heterocycles. The summed E-state index contributed by atoms with van der Waals surface area (Å²) in [6.45, 7) is 12.5. The van der Waals surface area contributed by atoms with Gasteiger partial charge < -0.3 is 14.6 Å². The zero-order valence-electron chi connectivity index (χ0n) is 18.0. The summed E-state index contributed by atoms with van der Waals surface area (Å²) in [6.07, 6.45) is -5.56. The summed E-state index contributed by atoms with van der Waals surface area (Å²) in [5, 5.41) is 14.2. The van der Waals surface area contributed by atoms with Crippen LogP contribution in [0.5, 0.6) is 0 Å². The number of carboxylic acid groups (broad SMARTS) is 2. The van der Waals surface area contributed by atoms with Gasteiger partial charge in [0.1, 0.15) is 11.5 Å². The van der Waals surface area contributed by atoms with Crippen molar-refractivity contribution in [3.63, 3.8) is 0 Å². The molecule has 0 aliphatic carbocycles. The predicted molar refractivity (Wildman–Crippen MR) is 105 cm³/mol. The minimum Gasteiger partial charge on any atom is -0.475 e. The zero-order valence-corrected chi connectivity index (χ0v) is 18.0. The van der Waals surface area contributed by atoms with E-state index in [0.29, 0.717) is 6.04 Å². The maximum absolute atomic E-state index is 10.6. The van der Waals surface area contributed by atoms with Crippen molar-refractivity contribution in [2.24, 2.45) is 0 Å². The predicted octanol–water partition coefficient (Wildman–Crippen LogP) is 4.00. The molecule has 7 nitrogen and oxygen atoms in total. The number of hydrogen-bond acceptors (Lipinski definition) is 5. The van der Waals surface area contributed by atoms with Crippen molar-refractivity contribution in [2.75, 3.05) is 19.6 Å². The van der Waals surface area contributed by atoms with Gasteiger partial charge >= 0.3 is 24.3 Å². The first-order valence-electron chi connectivity index (χ1n) is 9.83. The molecule has 2 fully saturated rings. The summed E-state index contributed by atoms with van der Waals surface area (Å²) in [5.74, 6) is -3.33. The van der Waals surface area contributed by atoms with Crippen molar-refractivity contribution in [2.45, 2.75) is 57.7 Å². The first kappa shape index (κ1) is 28.5. The SMILES string of the molecule is C=CCN1CC[C@@H]2[C@@H]1CCN2Cc1cc(C)c(C)o1.O=C(O)C(F)(F)F.O=C(O)C(F)(F)F. The van der Waals surface area contributed by atoms with Crippen molar-refractivity contribution in [1.82, 2.24) is 9.80 Å². The molecule has 1 aromatic heterocycles. The number of likely N-dealkylation sites (tertiary alicyclic amines) is 2. The summed E-state index contributed by atoms with van der Waals surface area (Å²) in [5.41, 5.74) is 1.27. The molecule has 0 saturated carbocycles. The summed E-state index contributed by atoms with van der Waals surface area (Å²) in [4.78, 5) is 23.0. The molecule has 188 valence electrons. The van der Waals surface area contributed by atoms with Gasteiger partial charge in [0.05, 0.1) is 6.54 Å². The Morgan fingerprint density at radius 1 is 1.03 bits per heavy atom. The van der Waals surface area contributed by atoms with Gasteiger partial charge in [-0.25, -0.2) is 9.59 Å². The minimum atomic E-state index is -5.08. The van der Waals surface area contributed by atoms with Crippen molar-refractivity contribution in [3.05, 3.63) is 35.8 Å². The normalized spacial score (nSPS) is 20.8. The monoisotopic (exact) mass is 488 g/mol. The lowest BCUT2D eigenvalue weighted by Gasteiger charge is -2.24. The fourth-order valence-electron chi connectivity index (χ4n) is 3.68. The molecule has 33 heavy (non-hydrogen) atoms. The van der Waals surface area contributed by atoms with Gasteiger partial charge in [-0.05, 0) is 38.3 Å². The second-order valence-electron chi connectivity index (χ2n) is 7.52. The lowest BCUT2D eigenvalue weighted by atomic mass is 10.1. The Kier molecular flexibility index (Phi) is 9.97. The fourth-order valence-corrected chi connectivity index (χ4v) is 3.68. The van der Waals surface area contributed by atoms with Gasteiger partial charge in [-0.1, -0.05) is 6.08 Å². The van der Waals surface area contributed by atoms with E-state index >= 15 is 0 Å². The molecule has 2 saturated heterocycles. The highest BCUT2D eigenvalue weighted by atomic mass is 19.4. The third kappa shape index (κ3) is 8.72. The molecule has 13 heteroatoms. The number of nitrogens with zero attached hydrogens (tertiary/aromatic N) is 2. The number of furan rings is 1. The molecule has 3 heterocycles. The molecule has 0 unspecified atom stereocenters.